The average molecular weight is 399 g/mol. The van der Waals surface area contributed by atoms with Gasteiger partial charge in [-0.05, 0) is 30.9 Å². The maximum Gasteiger partial charge on any atom is 0.298 e. The van der Waals surface area contributed by atoms with Crippen LogP contribution in [0.25, 0.3) is 11.1 Å². The lowest BCUT2D eigenvalue weighted by Gasteiger charge is -2.32. The van der Waals surface area contributed by atoms with Crippen LogP contribution in [0.3, 0.4) is 0 Å². The van der Waals surface area contributed by atoms with Gasteiger partial charge in [-0.2, -0.15) is 4.98 Å². The number of carbonyl (C=O) groups is 1. The van der Waals surface area contributed by atoms with Crippen molar-refractivity contribution in [2.24, 2.45) is 5.92 Å². The number of fused-ring (bicyclic) bond motifs is 1. The molecule has 4 rings (SSSR count). The maximum atomic E-state index is 12.6. The topological polar surface area (TPSA) is 97.7 Å². The van der Waals surface area contributed by atoms with E-state index in [1.807, 2.05) is 18.2 Å². The summed E-state index contributed by atoms with van der Waals surface area (Å²) >= 11 is 0. The van der Waals surface area contributed by atoms with Crippen molar-refractivity contribution in [3.8, 4) is 5.75 Å². The molecule has 0 N–H and O–H groups in total. The summed E-state index contributed by atoms with van der Waals surface area (Å²) in [5, 5.41) is 7.75. The fourth-order valence-corrected chi connectivity index (χ4v) is 3.66. The molecule has 1 unspecified atom stereocenters. The predicted molar refractivity (Wildman–Crippen MR) is 106 cm³/mol. The maximum absolute atomic E-state index is 12.6. The van der Waals surface area contributed by atoms with E-state index in [0.717, 1.165) is 42.8 Å². The first-order chi connectivity index (χ1) is 14.0. The van der Waals surface area contributed by atoms with Crippen LogP contribution >= 0.6 is 0 Å². The van der Waals surface area contributed by atoms with Gasteiger partial charge in [-0.1, -0.05) is 0 Å². The van der Waals surface area contributed by atoms with Gasteiger partial charge in [-0.15, -0.1) is 10.2 Å². The minimum atomic E-state index is 0.0648. The summed E-state index contributed by atoms with van der Waals surface area (Å²) in [6.07, 6.45) is 2.46. The Balaban J connectivity index is 1.38. The lowest BCUT2D eigenvalue weighted by Crippen LogP contribution is -2.38. The molecular weight excluding hydrogens is 374 g/mol. The second-order valence-corrected chi connectivity index (χ2v) is 7.45. The quantitative estimate of drug-likeness (QED) is 0.624. The van der Waals surface area contributed by atoms with E-state index in [1.54, 1.807) is 26.0 Å². The number of methoxy groups -OCH3 is 1. The number of hydrogen-bond acceptors (Lipinski definition) is 8. The third-order valence-electron chi connectivity index (χ3n) is 5.20. The molecule has 1 aliphatic rings. The van der Waals surface area contributed by atoms with Crippen molar-refractivity contribution in [2.45, 2.75) is 32.7 Å². The molecular formula is C20H25N5O4. The van der Waals surface area contributed by atoms with Crippen LogP contribution in [0.5, 0.6) is 5.75 Å². The number of anilines is 1. The van der Waals surface area contributed by atoms with Crippen LogP contribution in [0.4, 0.5) is 6.01 Å². The molecule has 1 aromatic carbocycles. The number of carbonyl (C=O) groups excluding carboxylic acids is 1. The first-order valence-electron chi connectivity index (χ1n) is 9.74. The third kappa shape index (κ3) is 4.33. The lowest BCUT2D eigenvalue weighted by molar-refractivity contribution is -0.131. The monoisotopic (exact) mass is 399 g/mol. The molecule has 0 spiro atoms. The van der Waals surface area contributed by atoms with Crippen LogP contribution in [0.2, 0.25) is 0 Å². The molecule has 1 aliphatic heterocycles. The van der Waals surface area contributed by atoms with Crippen LogP contribution < -0.4 is 9.64 Å². The van der Waals surface area contributed by atoms with E-state index in [9.17, 15) is 4.79 Å². The number of ether oxygens (including phenoxy) is 1. The van der Waals surface area contributed by atoms with Gasteiger partial charge in [0.1, 0.15) is 11.3 Å². The molecule has 0 radical (unpaired) electrons. The van der Waals surface area contributed by atoms with Crippen molar-refractivity contribution in [2.75, 3.05) is 32.1 Å². The molecule has 0 bridgehead atoms. The molecule has 1 atom stereocenters. The van der Waals surface area contributed by atoms with E-state index in [4.69, 9.17) is 13.6 Å². The number of hydrogen-bond donors (Lipinski definition) is 0. The Hall–Kier alpha value is -3.10. The number of aryl methyl sites for hydroxylation is 1. The van der Waals surface area contributed by atoms with Crippen LogP contribution in [-0.4, -0.2) is 53.2 Å². The Labute approximate surface area is 168 Å². The predicted octanol–water partition coefficient (Wildman–Crippen LogP) is 2.79. The lowest BCUT2D eigenvalue weighted by atomic mass is 9.94. The molecule has 29 heavy (non-hydrogen) atoms. The Kier molecular flexibility index (Phi) is 5.37. The van der Waals surface area contributed by atoms with E-state index in [-0.39, 0.29) is 11.8 Å². The molecule has 0 aliphatic carbocycles. The van der Waals surface area contributed by atoms with Gasteiger partial charge in [0, 0.05) is 39.5 Å². The Morgan fingerprint density at radius 3 is 2.97 bits per heavy atom. The Morgan fingerprint density at radius 1 is 1.34 bits per heavy atom. The van der Waals surface area contributed by atoms with E-state index in [2.05, 4.69) is 20.1 Å². The number of nitrogens with zero attached hydrogens (tertiary/aromatic N) is 5. The standard InChI is InChI=1S/C20H25N5O4/c1-13-22-23-18(28-13)12-24(2)19(26)9-14-5-4-8-25(11-14)20-21-16-10-15(27-3)6-7-17(16)29-20/h6-7,10,14H,4-5,8-9,11-12H2,1-3H3. The van der Waals surface area contributed by atoms with Crippen molar-refractivity contribution in [3.63, 3.8) is 0 Å². The highest BCUT2D eigenvalue weighted by molar-refractivity contribution is 5.77. The van der Waals surface area contributed by atoms with Gasteiger partial charge in [-0.3, -0.25) is 4.79 Å². The minimum absolute atomic E-state index is 0.0648. The largest absolute Gasteiger partial charge is 0.497 e. The number of oxazole rings is 1. The zero-order valence-electron chi connectivity index (χ0n) is 16.9. The second kappa shape index (κ2) is 8.10. The molecule has 2 aromatic heterocycles. The Bertz CT molecular complexity index is 998. The molecule has 154 valence electrons. The molecule has 9 nitrogen and oxygen atoms in total. The number of piperidine rings is 1. The van der Waals surface area contributed by atoms with Gasteiger partial charge in [0.15, 0.2) is 5.58 Å². The number of amides is 1. The fraction of sp³-hybridized carbons (Fsp3) is 0.500. The number of aromatic nitrogens is 3. The molecule has 3 heterocycles. The molecule has 0 saturated carbocycles. The van der Waals surface area contributed by atoms with E-state index in [0.29, 0.717) is 30.8 Å². The van der Waals surface area contributed by atoms with Gasteiger partial charge in [0.25, 0.3) is 6.01 Å². The zero-order valence-corrected chi connectivity index (χ0v) is 16.9. The smallest absolute Gasteiger partial charge is 0.298 e. The van der Waals surface area contributed by atoms with Gasteiger partial charge in [0.05, 0.1) is 13.7 Å². The summed E-state index contributed by atoms with van der Waals surface area (Å²) in [4.78, 5) is 21.0. The first kappa shape index (κ1) is 19.2. The van der Waals surface area contributed by atoms with Crippen molar-refractivity contribution >= 4 is 23.0 Å². The first-order valence-corrected chi connectivity index (χ1v) is 9.74. The summed E-state index contributed by atoms with van der Waals surface area (Å²) in [6, 6.07) is 6.18. The second-order valence-electron chi connectivity index (χ2n) is 7.45. The highest BCUT2D eigenvalue weighted by atomic mass is 16.5. The van der Waals surface area contributed by atoms with Crippen molar-refractivity contribution in [1.29, 1.82) is 0 Å². The van der Waals surface area contributed by atoms with E-state index >= 15 is 0 Å². The number of benzene rings is 1. The molecule has 3 aromatic rings. The third-order valence-corrected chi connectivity index (χ3v) is 5.20. The van der Waals surface area contributed by atoms with Crippen LogP contribution in [0, 0.1) is 12.8 Å². The number of rotatable bonds is 6. The fourth-order valence-electron chi connectivity index (χ4n) is 3.66. The summed E-state index contributed by atoms with van der Waals surface area (Å²) in [7, 11) is 3.39. The highest BCUT2D eigenvalue weighted by Crippen LogP contribution is 2.29. The van der Waals surface area contributed by atoms with Crippen molar-refractivity contribution in [3.05, 3.63) is 30.0 Å². The molecule has 9 heteroatoms. The molecule has 1 fully saturated rings. The van der Waals surface area contributed by atoms with E-state index < -0.39 is 0 Å². The van der Waals surface area contributed by atoms with Crippen molar-refractivity contribution in [1.82, 2.24) is 20.1 Å². The SMILES string of the molecule is COc1ccc2oc(N3CCCC(CC(=O)N(C)Cc4nnc(C)o4)C3)nc2c1. The van der Waals surface area contributed by atoms with Crippen LogP contribution in [0.15, 0.2) is 27.0 Å². The van der Waals surface area contributed by atoms with Crippen LogP contribution in [-0.2, 0) is 11.3 Å². The van der Waals surface area contributed by atoms with Crippen LogP contribution in [0.1, 0.15) is 31.0 Å². The zero-order chi connectivity index (χ0) is 20.4. The van der Waals surface area contributed by atoms with Gasteiger partial charge in [-0.25, -0.2) is 0 Å². The highest BCUT2D eigenvalue weighted by Gasteiger charge is 2.26. The normalized spacial score (nSPS) is 16.9. The van der Waals surface area contributed by atoms with Crippen molar-refractivity contribution < 1.29 is 18.4 Å². The average Bonchev–Trinajstić information content (AvgIpc) is 3.33. The minimum Gasteiger partial charge on any atom is -0.497 e. The summed E-state index contributed by atoms with van der Waals surface area (Å²) in [6.45, 7) is 3.66. The summed E-state index contributed by atoms with van der Waals surface area (Å²) < 4.78 is 16.5. The summed E-state index contributed by atoms with van der Waals surface area (Å²) in [5.74, 6) is 2.01. The van der Waals surface area contributed by atoms with Gasteiger partial charge in [0.2, 0.25) is 17.7 Å². The summed E-state index contributed by atoms with van der Waals surface area (Å²) in [5.41, 5.74) is 1.50. The Morgan fingerprint density at radius 2 is 2.21 bits per heavy atom. The molecule has 1 amide bonds. The van der Waals surface area contributed by atoms with Gasteiger partial charge >= 0.3 is 0 Å². The molecule has 1 saturated heterocycles. The van der Waals surface area contributed by atoms with E-state index in [1.165, 1.54) is 0 Å². The van der Waals surface area contributed by atoms with Gasteiger partial charge < -0.3 is 23.4 Å².